The van der Waals surface area contributed by atoms with Gasteiger partial charge in [-0.25, -0.2) is 0 Å². The molecule has 0 spiro atoms. The Labute approximate surface area is 198 Å². The molecule has 180 valence electrons. The van der Waals surface area contributed by atoms with Gasteiger partial charge in [0.15, 0.2) is 11.5 Å². The van der Waals surface area contributed by atoms with E-state index in [4.69, 9.17) is 25.7 Å². The summed E-state index contributed by atoms with van der Waals surface area (Å²) in [7, 11) is 3.07. The lowest BCUT2D eigenvalue weighted by molar-refractivity contribution is -0.384. The van der Waals surface area contributed by atoms with Crippen molar-refractivity contribution in [2.24, 2.45) is 5.73 Å². The number of hydrogen-bond donors (Lipinski definition) is 3. The second-order valence-corrected chi connectivity index (χ2v) is 7.90. The fraction of sp³-hybridized carbons (Fsp3) is 0.280. The molecular formula is C25H29N3O6. The van der Waals surface area contributed by atoms with E-state index in [1.54, 1.807) is 18.2 Å². The first kappa shape index (κ1) is 24.8. The van der Waals surface area contributed by atoms with Crippen LogP contribution in [0.3, 0.4) is 0 Å². The number of anilines is 1. The zero-order valence-corrected chi connectivity index (χ0v) is 19.1. The summed E-state index contributed by atoms with van der Waals surface area (Å²) in [5.74, 6) is 1.24. The van der Waals surface area contributed by atoms with E-state index in [0.29, 0.717) is 23.5 Å². The minimum absolute atomic E-state index is 0.00900. The number of methoxy groups -OCH3 is 2. The van der Waals surface area contributed by atoms with Crippen LogP contribution in [0, 0.1) is 10.1 Å². The number of aliphatic hydroxyl groups is 1. The minimum Gasteiger partial charge on any atom is -0.493 e. The van der Waals surface area contributed by atoms with E-state index in [1.807, 2.05) is 36.4 Å². The van der Waals surface area contributed by atoms with Crippen molar-refractivity contribution < 1.29 is 24.2 Å². The Morgan fingerprint density at radius 1 is 1.03 bits per heavy atom. The number of nitro groups is 1. The van der Waals surface area contributed by atoms with Gasteiger partial charge in [0.1, 0.15) is 17.0 Å². The first-order valence-corrected chi connectivity index (χ1v) is 10.7. The van der Waals surface area contributed by atoms with Crippen LogP contribution in [-0.4, -0.2) is 36.9 Å². The van der Waals surface area contributed by atoms with Crippen LogP contribution in [0.1, 0.15) is 17.5 Å². The molecule has 2 atom stereocenters. The van der Waals surface area contributed by atoms with Crippen LogP contribution in [0.15, 0.2) is 66.7 Å². The molecule has 9 heteroatoms. The number of nitrogen functional groups attached to an aromatic ring is 1. The highest BCUT2D eigenvalue weighted by molar-refractivity contribution is 5.60. The topological polar surface area (TPSA) is 143 Å². The summed E-state index contributed by atoms with van der Waals surface area (Å²) < 4.78 is 17.4. The van der Waals surface area contributed by atoms with E-state index in [9.17, 15) is 15.2 Å². The van der Waals surface area contributed by atoms with Crippen LogP contribution >= 0.6 is 0 Å². The number of rotatable bonds is 11. The van der Waals surface area contributed by atoms with Crippen molar-refractivity contribution in [3.8, 4) is 17.2 Å². The van der Waals surface area contributed by atoms with Gasteiger partial charge in [0, 0.05) is 19.4 Å². The summed E-state index contributed by atoms with van der Waals surface area (Å²) in [5, 5.41) is 22.1. The van der Waals surface area contributed by atoms with E-state index in [0.717, 1.165) is 5.56 Å². The maximum atomic E-state index is 11.5. The predicted molar refractivity (Wildman–Crippen MR) is 129 cm³/mol. The maximum absolute atomic E-state index is 11.5. The highest BCUT2D eigenvalue weighted by Crippen LogP contribution is 2.41. The van der Waals surface area contributed by atoms with Crippen molar-refractivity contribution in [1.29, 1.82) is 0 Å². The smallest absolute Gasteiger partial charge is 0.295 e. The number of aliphatic hydroxyl groups excluding tert-OH is 1. The number of ether oxygens (including phenoxy) is 3. The summed E-state index contributed by atoms with van der Waals surface area (Å²) in [6, 6.07) is 19.2. The first-order valence-electron chi connectivity index (χ1n) is 10.7. The Morgan fingerprint density at radius 3 is 2.35 bits per heavy atom. The average Bonchev–Trinajstić information content (AvgIpc) is 2.85. The van der Waals surface area contributed by atoms with Gasteiger partial charge in [-0.2, -0.15) is 0 Å². The standard InChI is InChI=1S/C25H29N3O6/c1-32-23-11-8-18(12-24(23)33-2)25(15-19(29)16-26,14-17-6-4-3-5-7-17)34-20-9-10-21(27)22(13-20)28(30)31/h3-13,19,29H,14-16,26-27H2,1-2H3/t19-,25?/m0/s1. The van der Waals surface area contributed by atoms with Gasteiger partial charge in [-0.05, 0) is 35.4 Å². The van der Waals surface area contributed by atoms with Gasteiger partial charge in [0.05, 0.1) is 31.3 Å². The van der Waals surface area contributed by atoms with Gasteiger partial charge >= 0.3 is 0 Å². The van der Waals surface area contributed by atoms with Crippen LogP contribution in [0.2, 0.25) is 0 Å². The molecule has 3 aromatic carbocycles. The summed E-state index contributed by atoms with van der Waals surface area (Å²) >= 11 is 0. The second kappa shape index (κ2) is 10.9. The van der Waals surface area contributed by atoms with Crippen molar-refractivity contribution in [3.05, 3.63) is 88.0 Å². The van der Waals surface area contributed by atoms with E-state index < -0.39 is 16.6 Å². The molecular weight excluding hydrogens is 438 g/mol. The molecule has 1 unspecified atom stereocenters. The summed E-state index contributed by atoms with van der Waals surface area (Å²) in [4.78, 5) is 10.9. The molecule has 0 aliphatic rings. The van der Waals surface area contributed by atoms with E-state index in [1.165, 1.54) is 26.4 Å². The number of nitrogens with zero attached hydrogens (tertiary/aromatic N) is 1. The molecule has 3 aromatic rings. The van der Waals surface area contributed by atoms with Gasteiger partial charge in [-0.3, -0.25) is 10.1 Å². The molecule has 3 rings (SSSR count). The van der Waals surface area contributed by atoms with E-state index >= 15 is 0 Å². The van der Waals surface area contributed by atoms with Crippen molar-refractivity contribution >= 4 is 11.4 Å². The Hall–Kier alpha value is -3.82. The SMILES string of the molecule is COc1ccc(C(Cc2ccccc2)(C[C@H](O)CN)Oc2ccc(N)c([N+](=O)[O-])c2)cc1OC. The lowest BCUT2D eigenvalue weighted by atomic mass is 9.82. The molecule has 9 nitrogen and oxygen atoms in total. The number of benzene rings is 3. The van der Waals surface area contributed by atoms with Crippen molar-refractivity contribution in [3.63, 3.8) is 0 Å². The Bertz CT molecular complexity index is 1120. The monoisotopic (exact) mass is 467 g/mol. The van der Waals surface area contributed by atoms with Gasteiger partial charge in [-0.15, -0.1) is 0 Å². The fourth-order valence-corrected chi connectivity index (χ4v) is 3.91. The number of nitrogens with two attached hydrogens (primary N) is 2. The molecule has 0 heterocycles. The quantitative estimate of drug-likeness (QED) is 0.221. The largest absolute Gasteiger partial charge is 0.493 e. The van der Waals surface area contributed by atoms with Crippen LogP contribution in [0.4, 0.5) is 11.4 Å². The van der Waals surface area contributed by atoms with E-state index in [-0.39, 0.29) is 30.1 Å². The van der Waals surface area contributed by atoms with Crippen LogP contribution in [0.5, 0.6) is 17.2 Å². The maximum Gasteiger partial charge on any atom is 0.295 e. The molecule has 0 fully saturated rings. The zero-order chi connectivity index (χ0) is 24.7. The Kier molecular flexibility index (Phi) is 7.93. The van der Waals surface area contributed by atoms with Crippen LogP contribution in [0.25, 0.3) is 0 Å². The molecule has 0 saturated heterocycles. The summed E-state index contributed by atoms with van der Waals surface area (Å²) in [6.07, 6.45) is -0.439. The third kappa shape index (κ3) is 5.56. The van der Waals surface area contributed by atoms with Crippen molar-refractivity contribution in [2.75, 3.05) is 26.5 Å². The van der Waals surface area contributed by atoms with Crippen LogP contribution in [-0.2, 0) is 12.0 Å². The van der Waals surface area contributed by atoms with Crippen molar-refractivity contribution in [1.82, 2.24) is 0 Å². The average molecular weight is 468 g/mol. The predicted octanol–water partition coefficient (Wildman–Crippen LogP) is 3.42. The highest BCUT2D eigenvalue weighted by atomic mass is 16.6. The summed E-state index contributed by atoms with van der Waals surface area (Å²) in [6.45, 7) is 0.00900. The van der Waals surface area contributed by atoms with Crippen LogP contribution < -0.4 is 25.7 Å². The molecule has 0 aliphatic heterocycles. The molecule has 34 heavy (non-hydrogen) atoms. The molecule has 0 bridgehead atoms. The van der Waals surface area contributed by atoms with Gasteiger partial charge in [0.25, 0.3) is 5.69 Å². The molecule has 0 amide bonds. The molecule has 0 saturated carbocycles. The number of nitro benzene ring substituents is 1. The van der Waals surface area contributed by atoms with Gasteiger partial charge in [0.2, 0.25) is 0 Å². The summed E-state index contributed by atoms with van der Waals surface area (Å²) in [5.41, 5.74) is 11.8. The Morgan fingerprint density at radius 2 is 1.74 bits per heavy atom. The second-order valence-electron chi connectivity index (χ2n) is 7.90. The number of hydrogen-bond acceptors (Lipinski definition) is 8. The minimum atomic E-state index is -1.15. The highest BCUT2D eigenvalue weighted by Gasteiger charge is 2.38. The first-order chi connectivity index (χ1) is 16.3. The zero-order valence-electron chi connectivity index (χ0n) is 19.1. The lowest BCUT2D eigenvalue weighted by Gasteiger charge is -2.37. The van der Waals surface area contributed by atoms with Crippen molar-refractivity contribution in [2.45, 2.75) is 24.5 Å². The molecule has 0 aromatic heterocycles. The lowest BCUT2D eigenvalue weighted by Crippen LogP contribution is -2.41. The Balaban J connectivity index is 2.20. The molecule has 5 N–H and O–H groups in total. The van der Waals surface area contributed by atoms with Gasteiger partial charge < -0.3 is 30.8 Å². The third-order valence-electron chi connectivity index (χ3n) is 5.59. The van der Waals surface area contributed by atoms with E-state index in [2.05, 4.69) is 0 Å². The normalized spacial score (nSPS) is 13.5. The molecule has 0 radical (unpaired) electrons. The molecule has 0 aliphatic carbocycles. The third-order valence-corrected chi connectivity index (χ3v) is 5.59. The fourth-order valence-electron chi connectivity index (χ4n) is 3.91. The van der Waals surface area contributed by atoms with Gasteiger partial charge in [-0.1, -0.05) is 36.4 Å².